The topological polar surface area (TPSA) is 30.0 Å². The summed E-state index contributed by atoms with van der Waals surface area (Å²) in [5.41, 5.74) is 1.36. The fourth-order valence-corrected chi connectivity index (χ4v) is 0.743. The van der Waals surface area contributed by atoms with E-state index in [2.05, 4.69) is 4.98 Å². The minimum Gasteiger partial charge on any atom is -0.298 e. The monoisotopic (exact) mass is 155 g/mol. The molecular weight excluding hydrogens is 150 g/mol. The molecular formula is C7H6ClNO. The van der Waals surface area contributed by atoms with Crippen LogP contribution in [0.1, 0.15) is 16.1 Å². The number of carbonyl (C=O) groups excluding carboxylic acids is 1. The lowest BCUT2D eigenvalue weighted by Gasteiger charge is -1.91. The molecule has 0 aliphatic rings. The average Bonchev–Trinajstić information content (AvgIpc) is 2.05. The number of nitrogens with zero attached hydrogens (tertiary/aromatic N) is 1. The van der Waals surface area contributed by atoms with Crippen LogP contribution in [0.25, 0.3) is 0 Å². The van der Waals surface area contributed by atoms with E-state index in [0.717, 1.165) is 12.0 Å². The molecule has 0 radical (unpaired) electrons. The smallest absolute Gasteiger partial charge is 0.151 e. The van der Waals surface area contributed by atoms with Crippen LogP contribution in [-0.2, 0) is 5.88 Å². The predicted octanol–water partition coefficient (Wildman–Crippen LogP) is 1.63. The fraction of sp³-hybridized carbons (Fsp3) is 0.143. The van der Waals surface area contributed by atoms with Crippen LogP contribution in [0.2, 0.25) is 0 Å². The quantitative estimate of drug-likeness (QED) is 0.480. The van der Waals surface area contributed by atoms with Crippen molar-refractivity contribution in [1.82, 2.24) is 4.98 Å². The van der Waals surface area contributed by atoms with E-state index in [1.54, 1.807) is 12.1 Å². The maximum atomic E-state index is 10.1. The lowest BCUT2D eigenvalue weighted by molar-refractivity contribution is 0.112. The first-order valence-electron chi connectivity index (χ1n) is 2.83. The van der Waals surface area contributed by atoms with Crippen LogP contribution in [0, 0.1) is 0 Å². The zero-order chi connectivity index (χ0) is 7.40. The number of alkyl halides is 1. The van der Waals surface area contributed by atoms with Crippen molar-refractivity contribution < 1.29 is 4.79 Å². The third-order valence-electron chi connectivity index (χ3n) is 1.12. The van der Waals surface area contributed by atoms with Gasteiger partial charge in [-0.05, 0) is 12.1 Å². The van der Waals surface area contributed by atoms with Gasteiger partial charge >= 0.3 is 0 Å². The van der Waals surface area contributed by atoms with E-state index in [0.29, 0.717) is 11.4 Å². The second-order valence-electron chi connectivity index (χ2n) is 1.83. The highest BCUT2D eigenvalue weighted by molar-refractivity contribution is 6.16. The molecule has 3 heteroatoms. The van der Waals surface area contributed by atoms with Crippen LogP contribution < -0.4 is 0 Å². The van der Waals surface area contributed by atoms with Gasteiger partial charge in [-0.15, -0.1) is 11.6 Å². The van der Waals surface area contributed by atoms with Gasteiger partial charge in [-0.2, -0.15) is 0 Å². The van der Waals surface area contributed by atoms with Crippen molar-refractivity contribution in [1.29, 1.82) is 0 Å². The van der Waals surface area contributed by atoms with E-state index in [1.165, 1.54) is 6.20 Å². The average molecular weight is 156 g/mol. The first-order valence-corrected chi connectivity index (χ1v) is 3.36. The van der Waals surface area contributed by atoms with Crippen molar-refractivity contribution in [3.05, 3.63) is 29.6 Å². The fourth-order valence-electron chi connectivity index (χ4n) is 0.585. The van der Waals surface area contributed by atoms with Gasteiger partial charge in [0.25, 0.3) is 0 Å². The molecule has 0 atom stereocenters. The summed E-state index contributed by atoms with van der Waals surface area (Å²) in [6, 6.07) is 3.43. The van der Waals surface area contributed by atoms with Crippen molar-refractivity contribution in [2.45, 2.75) is 5.88 Å². The Bertz CT molecular complexity index is 220. The largest absolute Gasteiger partial charge is 0.298 e. The van der Waals surface area contributed by atoms with Gasteiger partial charge in [0.05, 0.1) is 11.6 Å². The lowest BCUT2D eigenvalue weighted by Crippen LogP contribution is -1.86. The number of rotatable bonds is 2. The summed E-state index contributed by atoms with van der Waals surface area (Å²) in [6.07, 6.45) is 2.26. The SMILES string of the molecule is O=Cc1ccc(CCl)nc1. The number of pyridine rings is 1. The molecule has 0 unspecified atom stereocenters. The Morgan fingerprint density at radius 1 is 1.60 bits per heavy atom. The Kier molecular flexibility index (Phi) is 2.40. The molecule has 0 fully saturated rings. The molecule has 0 aromatic carbocycles. The van der Waals surface area contributed by atoms with E-state index in [4.69, 9.17) is 11.6 Å². The maximum absolute atomic E-state index is 10.1. The third-order valence-corrected chi connectivity index (χ3v) is 1.39. The van der Waals surface area contributed by atoms with Crippen LogP contribution in [0.4, 0.5) is 0 Å². The van der Waals surface area contributed by atoms with Gasteiger partial charge in [-0.25, -0.2) is 0 Å². The van der Waals surface area contributed by atoms with Crippen molar-refractivity contribution in [2.75, 3.05) is 0 Å². The van der Waals surface area contributed by atoms with Gasteiger partial charge in [0, 0.05) is 11.8 Å². The number of carbonyl (C=O) groups is 1. The Labute approximate surface area is 63.8 Å². The predicted molar refractivity (Wildman–Crippen MR) is 39.2 cm³/mol. The van der Waals surface area contributed by atoms with Gasteiger partial charge in [-0.3, -0.25) is 9.78 Å². The normalized spacial score (nSPS) is 9.30. The molecule has 0 spiro atoms. The molecule has 52 valence electrons. The lowest BCUT2D eigenvalue weighted by atomic mass is 10.3. The van der Waals surface area contributed by atoms with Gasteiger partial charge in [0.15, 0.2) is 6.29 Å². The van der Waals surface area contributed by atoms with E-state index in [1.807, 2.05) is 0 Å². The third kappa shape index (κ3) is 1.54. The summed E-state index contributed by atoms with van der Waals surface area (Å²) >= 11 is 5.47. The minimum absolute atomic E-state index is 0.388. The molecule has 0 aliphatic heterocycles. The zero-order valence-electron chi connectivity index (χ0n) is 5.25. The van der Waals surface area contributed by atoms with Gasteiger partial charge in [0.1, 0.15) is 0 Å². The minimum atomic E-state index is 0.388. The molecule has 0 N–H and O–H groups in total. The van der Waals surface area contributed by atoms with Crippen molar-refractivity contribution in [3.63, 3.8) is 0 Å². The van der Waals surface area contributed by atoms with Gasteiger partial charge in [-0.1, -0.05) is 0 Å². The van der Waals surface area contributed by atoms with E-state index < -0.39 is 0 Å². The Morgan fingerprint density at radius 2 is 2.40 bits per heavy atom. The van der Waals surface area contributed by atoms with Crippen LogP contribution >= 0.6 is 11.6 Å². The van der Waals surface area contributed by atoms with Crippen molar-refractivity contribution in [2.24, 2.45) is 0 Å². The summed E-state index contributed by atoms with van der Waals surface area (Å²) in [6.45, 7) is 0. The first-order chi connectivity index (χ1) is 4.86. The second-order valence-corrected chi connectivity index (χ2v) is 2.10. The summed E-state index contributed by atoms with van der Waals surface area (Å²) in [5, 5.41) is 0. The summed E-state index contributed by atoms with van der Waals surface area (Å²) in [5.74, 6) is 0.388. The second kappa shape index (κ2) is 3.32. The molecule has 1 heterocycles. The summed E-state index contributed by atoms with van der Waals surface area (Å²) < 4.78 is 0. The van der Waals surface area contributed by atoms with Crippen molar-refractivity contribution in [3.8, 4) is 0 Å². The van der Waals surface area contributed by atoms with E-state index in [9.17, 15) is 4.79 Å². The van der Waals surface area contributed by atoms with Gasteiger partial charge < -0.3 is 0 Å². The molecule has 2 nitrogen and oxygen atoms in total. The molecule has 10 heavy (non-hydrogen) atoms. The molecule has 0 bridgehead atoms. The first kappa shape index (κ1) is 7.22. The Morgan fingerprint density at radius 3 is 2.80 bits per heavy atom. The molecule has 0 aliphatic carbocycles. The molecule has 0 saturated heterocycles. The van der Waals surface area contributed by atoms with Crippen LogP contribution in [-0.4, -0.2) is 11.3 Å². The highest BCUT2D eigenvalue weighted by Crippen LogP contribution is 1.99. The number of aromatic nitrogens is 1. The van der Waals surface area contributed by atoms with E-state index in [-0.39, 0.29) is 0 Å². The van der Waals surface area contributed by atoms with Crippen LogP contribution in [0.5, 0.6) is 0 Å². The molecule has 0 amide bonds. The Hall–Kier alpha value is -0.890. The highest BCUT2D eigenvalue weighted by atomic mass is 35.5. The maximum Gasteiger partial charge on any atom is 0.151 e. The molecule has 1 rings (SSSR count). The zero-order valence-corrected chi connectivity index (χ0v) is 6.01. The summed E-state index contributed by atoms with van der Waals surface area (Å²) in [4.78, 5) is 14.0. The van der Waals surface area contributed by atoms with Crippen LogP contribution in [0.15, 0.2) is 18.3 Å². The number of halogens is 1. The molecule has 1 aromatic rings. The van der Waals surface area contributed by atoms with E-state index >= 15 is 0 Å². The van der Waals surface area contributed by atoms with Gasteiger partial charge in [0.2, 0.25) is 0 Å². The molecule has 0 saturated carbocycles. The van der Waals surface area contributed by atoms with Crippen molar-refractivity contribution >= 4 is 17.9 Å². The standard InChI is InChI=1S/C7H6ClNO/c8-3-7-2-1-6(5-10)4-9-7/h1-2,4-5H,3H2. The number of hydrogen-bond donors (Lipinski definition) is 0. The van der Waals surface area contributed by atoms with Crippen LogP contribution in [0.3, 0.4) is 0 Å². The number of hydrogen-bond acceptors (Lipinski definition) is 2. The number of aldehydes is 1. The molecule has 1 aromatic heterocycles. The summed E-state index contributed by atoms with van der Waals surface area (Å²) in [7, 11) is 0. The highest BCUT2D eigenvalue weighted by Gasteiger charge is 1.91. The Balaban J connectivity index is 2.90.